The summed E-state index contributed by atoms with van der Waals surface area (Å²) in [6, 6.07) is 6.99. The molecule has 0 unspecified atom stereocenters. The summed E-state index contributed by atoms with van der Waals surface area (Å²) in [7, 11) is -4.36. The van der Waals surface area contributed by atoms with Gasteiger partial charge in [0.2, 0.25) is 5.91 Å². The Labute approximate surface area is 237 Å². The van der Waals surface area contributed by atoms with E-state index in [2.05, 4.69) is 20.0 Å². The van der Waals surface area contributed by atoms with Gasteiger partial charge in [0.25, 0.3) is 0 Å². The number of hydrogen-bond acceptors (Lipinski definition) is 12. The third kappa shape index (κ3) is 8.78. The average Bonchev–Trinajstić information content (AvgIpc) is 3.34. The molecule has 1 aromatic carbocycles. The predicted molar refractivity (Wildman–Crippen MR) is 146 cm³/mol. The molecule has 1 aliphatic rings. The topological polar surface area (TPSA) is 226 Å². The number of benzene rings is 1. The molecule has 3 rings (SSSR count). The summed E-state index contributed by atoms with van der Waals surface area (Å²) in [5.41, 5.74) is 14.5. The number of nitrogens with two attached hydrogens (primary N) is 2. The monoisotopic (exact) mass is 590 g/mol. The number of rotatable bonds is 10. The Balaban J connectivity index is 1.53. The van der Waals surface area contributed by atoms with Gasteiger partial charge >= 0.3 is 22.1 Å². The molecule has 15 heteroatoms. The minimum absolute atomic E-state index is 0.0370. The number of carbonyl (C=O) groups is 3. The largest absolute Gasteiger partial charge is 0.456 e. The van der Waals surface area contributed by atoms with Crippen molar-refractivity contribution in [3.63, 3.8) is 0 Å². The first-order chi connectivity index (χ1) is 19.1. The standard InChI is InChI=1S/C26H34N6O8S/c1-14-6-5-7-16(10-14)41(36,37)40-25(35)18(27)13-30-21(33)12-15-11-20(32-39-15)19-9-8-17(22(31-19)23(28)29)24(34)38-26(2,3)4/h5-10,15,18,20,32H,11-13,27H2,1-4H3,(H3,28,29)(H,30,33)/t15-,18+,20+/m1/s1. The fourth-order valence-corrected chi connectivity index (χ4v) is 4.80. The highest BCUT2D eigenvalue weighted by Gasteiger charge is 2.32. The Morgan fingerprint density at radius 2 is 1.95 bits per heavy atom. The maximum Gasteiger partial charge on any atom is 0.341 e. The van der Waals surface area contributed by atoms with Crippen LogP contribution in [0.5, 0.6) is 0 Å². The second-order valence-corrected chi connectivity index (χ2v) is 12.0. The summed E-state index contributed by atoms with van der Waals surface area (Å²) in [6.45, 7) is 6.47. The number of aryl methyl sites for hydroxylation is 1. The van der Waals surface area contributed by atoms with Gasteiger partial charge in [-0.1, -0.05) is 12.1 Å². The minimum atomic E-state index is -4.36. The number of aromatic nitrogens is 1. The molecule has 7 N–H and O–H groups in total. The molecule has 2 heterocycles. The van der Waals surface area contributed by atoms with Crippen molar-refractivity contribution in [2.45, 2.75) is 69.2 Å². The molecular formula is C26H34N6O8S. The second-order valence-electron chi connectivity index (χ2n) is 10.5. The van der Waals surface area contributed by atoms with Gasteiger partial charge in [0.1, 0.15) is 28.1 Å². The first-order valence-electron chi connectivity index (χ1n) is 12.6. The Morgan fingerprint density at radius 1 is 1.24 bits per heavy atom. The fraction of sp³-hybridized carbons (Fsp3) is 0.423. The number of amides is 1. The fourth-order valence-electron chi connectivity index (χ4n) is 3.79. The van der Waals surface area contributed by atoms with E-state index in [1.165, 1.54) is 24.3 Å². The number of amidine groups is 1. The third-order valence-corrected chi connectivity index (χ3v) is 6.94. The molecule has 1 saturated heterocycles. The van der Waals surface area contributed by atoms with Crippen LogP contribution in [0.3, 0.4) is 0 Å². The highest BCUT2D eigenvalue weighted by Crippen LogP contribution is 2.27. The van der Waals surface area contributed by atoms with Gasteiger partial charge in [-0.3, -0.25) is 15.0 Å². The summed E-state index contributed by atoms with van der Waals surface area (Å²) in [6.07, 6.45) is -0.382. The number of nitrogens with zero attached hydrogens (tertiary/aromatic N) is 1. The van der Waals surface area contributed by atoms with Gasteiger partial charge < -0.3 is 25.7 Å². The van der Waals surface area contributed by atoms with E-state index in [0.717, 1.165) is 0 Å². The van der Waals surface area contributed by atoms with Gasteiger partial charge in [0, 0.05) is 6.54 Å². The van der Waals surface area contributed by atoms with Crippen LogP contribution in [0.15, 0.2) is 41.3 Å². The molecule has 0 radical (unpaired) electrons. The van der Waals surface area contributed by atoms with E-state index in [4.69, 9.17) is 26.5 Å². The molecule has 2 aromatic rings. The zero-order valence-electron chi connectivity index (χ0n) is 23.1. The van der Waals surface area contributed by atoms with E-state index in [9.17, 15) is 22.8 Å². The molecule has 1 fully saturated rings. The number of esters is 1. The molecule has 0 saturated carbocycles. The van der Waals surface area contributed by atoms with Crippen LogP contribution in [-0.2, 0) is 33.5 Å². The van der Waals surface area contributed by atoms with Crippen LogP contribution < -0.4 is 22.3 Å². The maximum absolute atomic E-state index is 12.5. The van der Waals surface area contributed by atoms with E-state index in [1.807, 2.05) is 0 Å². The number of hydroxylamine groups is 1. The number of nitrogens with one attached hydrogen (secondary N) is 3. The molecule has 14 nitrogen and oxygen atoms in total. The average molecular weight is 591 g/mol. The summed E-state index contributed by atoms with van der Waals surface area (Å²) in [5, 5.41) is 10.3. The highest BCUT2D eigenvalue weighted by atomic mass is 32.2. The van der Waals surface area contributed by atoms with Gasteiger partial charge in [-0.25, -0.2) is 14.6 Å². The lowest BCUT2D eigenvalue weighted by Gasteiger charge is -2.20. The molecule has 1 aliphatic heterocycles. The Morgan fingerprint density at radius 3 is 2.59 bits per heavy atom. The summed E-state index contributed by atoms with van der Waals surface area (Å²) >= 11 is 0. The molecule has 0 aliphatic carbocycles. The van der Waals surface area contributed by atoms with Crippen molar-refractivity contribution in [2.75, 3.05) is 6.54 Å². The number of ether oxygens (including phenoxy) is 1. The SMILES string of the molecule is Cc1cccc(S(=O)(=O)OC(=O)[C@@H](N)CNC(=O)C[C@H]2C[C@@H](c3ccc(C(=O)OC(C)(C)C)c(C(=N)N)n3)NO2)c1. The Bertz CT molecular complexity index is 1440. The van der Waals surface area contributed by atoms with Crippen LogP contribution in [0.4, 0.5) is 0 Å². The zero-order valence-corrected chi connectivity index (χ0v) is 23.9. The van der Waals surface area contributed by atoms with Crippen molar-refractivity contribution in [1.82, 2.24) is 15.8 Å². The molecule has 3 atom stereocenters. The van der Waals surface area contributed by atoms with Crippen LogP contribution in [0.1, 0.15) is 67.0 Å². The van der Waals surface area contributed by atoms with Crippen LogP contribution in [-0.4, -0.2) is 61.4 Å². The summed E-state index contributed by atoms with van der Waals surface area (Å²) in [4.78, 5) is 46.8. The highest BCUT2D eigenvalue weighted by molar-refractivity contribution is 7.87. The van der Waals surface area contributed by atoms with Gasteiger partial charge in [-0.05, 0) is 63.9 Å². The molecule has 41 heavy (non-hydrogen) atoms. The quantitative estimate of drug-likeness (QED) is 0.112. The number of hydrogen-bond donors (Lipinski definition) is 5. The Hall–Kier alpha value is -3.92. The van der Waals surface area contributed by atoms with Crippen molar-refractivity contribution in [1.29, 1.82) is 5.41 Å². The minimum Gasteiger partial charge on any atom is -0.456 e. The third-order valence-electron chi connectivity index (χ3n) is 5.73. The van der Waals surface area contributed by atoms with E-state index in [0.29, 0.717) is 17.7 Å². The summed E-state index contributed by atoms with van der Waals surface area (Å²) < 4.78 is 34.6. The van der Waals surface area contributed by atoms with Gasteiger partial charge in [0.05, 0.1) is 29.8 Å². The van der Waals surface area contributed by atoms with Crippen molar-refractivity contribution in [3.05, 3.63) is 58.9 Å². The molecular weight excluding hydrogens is 556 g/mol. The van der Waals surface area contributed by atoms with Crippen LogP contribution in [0.2, 0.25) is 0 Å². The molecule has 1 aromatic heterocycles. The van der Waals surface area contributed by atoms with E-state index in [1.54, 1.807) is 39.8 Å². The van der Waals surface area contributed by atoms with E-state index < -0.39 is 57.6 Å². The van der Waals surface area contributed by atoms with E-state index in [-0.39, 0.29) is 29.1 Å². The summed E-state index contributed by atoms with van der Waals surface area (Å²) in [5.74, 6) is -2.79. The molecule has 0 spiro atoms. The van der Waals surface area contributed by atoms with Gasteiger partial charge in [-0.15, -0.1) is 0 Å². The zero-order chi connectivity index (χ0) is 30.5. The molecule has 222 valence electrons. The lowest BCUT2D eigenvalue weighted by Crippen LogP contribution is -2.44. The van der Waals surface area contributed by atoms with Gasteiger partial charge in [0.15, 0.2) is 0 Å². The van der Waals surface area contributed by atoms with Crippen LogP contribution in [0, 0.1) is 12.3 Å². The van der Waals surface area contributed by atoms with Crippen molar-refractivity contribution in [2.24, 2.45) is 11.5 Å². The first-order valence-corrected chi connectivity index (χ1v) is 14.0. The van der Waals surface area contributed by atoms with Crippen LogP contribution in [0.25, 0.3) is 0 Å². The lowest BCUT2D eigenvalue weighted by atomic mass is 10.0. The number of nitrogen functional groups attached to an aromatic ring is 1. The normalized spacial score (nSPS) is 17.9. The van der Waals surface area contributed by atoms with E-state index >= 15 is 0 Å². The first kappa shape index (κ1) is 31.6. The predicted octanol–water partition coefficient (Wildman–Crippen LogP) is 0.730. The van der Waals surface area contributed by atoms with Crippen molar-refractivity contribution in [3.8, 4) is 0 Å². The molecule has 0 bridgehead atoms. The van der Waals surface area contributed by atoms with Crippen LogP contribution >= 0.6 is 0 Å². The Kier molecular flexibility index (Phi) is 9.81. The smallest absolute Gasteiger partial charge is 0.341 e. The lowest BCUT2D eigenvalue weighted by molar-refractivity contribution is -0.135. The number of carbonyl (C=O) groups excluding carboxylic acids is 3. The number of pyridine rings is 1. The van der Waals surface area contributed by atoms with Gasteiger partial charge in [-0.2, -0.15) is 13.9 Å². The maximum atomic E-state index is 12.5. The molecule has 1 amide bonds. The van der Waals surface area contributed by atoms with Crippen molar-refractivity contribution < 1.29 is 36.6 Å². The van der Waals surface area contributed by atoms with Crippen molar-refractivity contribution >= 4 is 33.8 Å². The second kappa shape index (κ2) is 12.7.